The molecule has 0 amide bonds. The molecule has 0 aliphatic rings. The molecule has 0 aromatic rings. The molecule has 0 heterocycles. The fourth-order valence-electron chi connectivity index (χ4n) is 3.16. The third-order valence-electron chi connectivity index (χ3n) is 6.47. The van der Waals surface area contributed by atoms with Crippen molar-refractivity contribution in [2.45, 2.75) is 121 Å². The molecule has 0 aliphatic heterocycles. The van der Waals surface area contributed by atoms with Crippen LogP contribution in [0.4, 0.5) is 52.7 Å². The zero-order valence-corrected chi connectivity index (χ0v) is 33.6. The monoisotopic (exact) mass is 876 g/mol. The first-order valence-electron chi connectivity index (χ1n) is 16.3. The van der Waals surface area contributed by atoms with Crippen molar-refractivity contribution in [3.05, 3.63) is 11.1 Å². The van der Waals surface area contributed by atoms with Gasteiger partial charge in [-0.05, 0) is 62.3 Å². The Bertz CT molecular complexity index is 1420. The first-order chi connectivity index (χ1) is 25.5. The lowest BCUT2D eigenvalue weighted by Gasteiger charge is -2.32. The first kappa shape index (κ1) is 62.6. The minimum absolute atomic E-state index is 0.0590. The number of aliphatic carboxylic acids is 1. The van der Waals surface area contributed by atoms with Crippen molar-refractivity contribution in [3.8, 4) is 0 Å². The molecule has 0 fully saturated rings. The number of Topliss-reactive ketones (excluding diaryl/α,β-unsaturated/α-hetero) is 4. The third-order valence-corrected chi connectivity index (χ3v) is 6.47. The number of carboxylic acids is 1. The van der Waals surface area contributed by atoms with Crippen molar-refractivity contribution >= 4 is 47.0 Å². The topological polar surface area (TPSA) is 184 Å². The fourth-order valence-corrected chi connectivity index (χ4v) is 3.16. The molecule has 1 N–H and O–H groups in total. The summed E-state index contributed by atoms with van der Waals surface area (Å²) in [4.78, 5) is 84.4. The van der Waals surface area contributed by atoms with Crippen LogP contribution in [0.25, 0.3) is 0 Å². The molecule has 0 rings (SSSR count). The smallest absolute Gasteiger partial charge is 0.449 e. The first-order valence-corrected chi connectivity index (χ1v) is 16.3. The van der Waals surface area contributed by atoms with Crippen LogP contribution in [0.5, 0.6) is 0 Å². The van der Waals surface area contributed by atoms with Gasteiger partial charge in [-0.25, -0.2) is 4.79 Å². The summed E-state index contributed by atoms with van der Waals surface area (Å²) in [6, 6.07) is 0. The normalized spacial score (nSPS) is 12.6. The predicted molar refractivity (Wildman–Crippen MR) is 177 cm³/mol. The van der Waals surface area contributed by atoms with E-state index in [2.05, 4.69) is 14.2 Å². The lowest BCUT2D eigenvalue weighted by molar-refractivity contribution is -0.231. The summed E-state index contributed by atoms with van der Waals surface area (Å²) in [5.41, 5.74) is -6.73. The number of alkyl halides is 12. The van der Waals surface area contributed by atoms with Crippen molar-refractivity contribution in [3.63, 3.8) is 0 Å². The van der Waals surface area contributed by atoms with Crippen molar-refractivity contribution in [2.24, 2.45) is 16.7 Å². The third kappa shape index (κ3) is 27.2. The molecule has 0 aromatic carbocycles. The Kier molecular flexibility index (Phi) is 28.6. The van der Waals surface area contributed by atoms with Gasteiger partial charge < -0.3 is 19.3 Å². The van der Waals surface area contributed by atoms with Gasteiger partial charge in [-0.1, -0.05) is 13.8 Å². The number of carbonyl (C=O) groups excluding carboxylic acids is 7. The van der Waals surface area contributed by atoms with Crippen LogP contribution in [0.2, 0.25) is 0 Å². The molecular formula is C34H48F12O12. The molecule has 0 bridgehead atoms. The number of carboxylic acid groups (broad SMARTS) is 1. The van der Waals surface area contributed by atoms with Gasteiger partial charge in [0.1, 0.15) is 29.5 Å². The second kappa shape index (κ2) is 26.5. The quantitative estimate of drug-likeness (QED) is 0.0497. The van der Waals surface area contributed by atoms with E-state index >= 15 is 0 Å². The van der Waals surface area contributed by atoms with E-state index in [1.807, 2.05) is 0 Å². The SMILES string of the molecule is CC(=O)C(F)(F)F.CC(C)(CC(=O)O)C(F)(F)F.CCOC(=O)/C(C(C)=O)=C(/C)C(F)(F)F.CCOC(=O)C(C(C)=O)C(C)(C)C(F)(F)F.CCOC(=O)CC(C)=O. The van der Waals surface area contributed by atoms with Gasteiger partial charge in [0.2, 0.25) is 5.78 Å². The van der Waals surface area contributed by atoms with Crippen LogP contribution >= 0.6 is 0 Å². The lowest BCUT2D eigenvalue weighted by atomic mass is 9.76. The van der Waals surface area contributed by atoms with E-state index in [0.29, 0.717) is 20.5 Å². The highest BCUT2D eigenvalue weighted by atomic mass is 19.4. The van der Waals surface area contributed by atoms with Gasteiger partial charge in [0.05, 0.1) is 37.1 Å². The molecule has 1 atom stereocenters. The van der Waals surface area contributed by atoms with Crippen molar-refractivity contribution in [2.75, 3.05) is 19.8 Å². The van der Waals surface area contributed by atoms with Gasteiger partial charge in [0, 0.05) is 12.5 Å². The van der Waals surface area contributed by atoms with E-state index in [9.17, 15) is 91.0 Å². The largest absolute Gasteiger partial charge is 0.481 e. The van der Waals surface area contributed by atoms with E-state index in [1.54, 1.807) is 6.92 Å². The number of halogens is 12. The molecule has 1 unspecified atom stereocenters. The van der Waals surface area contributed by atoms with Gasteiger partial charge >= 0.3 is 48.6 Å². The summed E-state index contributed by atoms with van der Waals surface area (Å²) in [5, 5.41) is 8.11. The number of ether oxygens (including phenoxy) is 3. The van der Waals surface area contributed by atoms with Gasteiger partial charge in [0.25, 0.3) is 0 Å². The Morgan fingerprint density at radius 1 is 0.586 bits per heavy atom. The van der Waals surface area contributed by atoms with E-state index in [4.69, 9.17) is 5.11 Å². The molecule has 0 saturated carbocycles. The summed E-state index contributed by atoms with van der Waals surface area (Å²) in [6.07, 6.45) is -19.4. The molecular weight excluding hydrogens is 828 g/mol. The molecule has 12 nitrogen and oxygen atoms in total. The van der Waals surface area contributed by atoms with E-state index in [1.165, 1.54) is 20.8 Å². The molecule has 340 valence electrons. The molecule has 24 heteroatoms. The number of hydrogen-bond acceptors (Lipinski definition) is 11. The van der Waals surface area contributed by atoms with E-state index in [-0.39, 0.29) is 25.4 Å². The van der Waals surface area contributed by atoms with E-state index < -0.39 is 100 Å². The average molecular weight is 877 g/mol. The number of ketones is 4. The molecule has 0 saturated heterocycles. The lowest BCUT2D eigenvalue weighted by Crippen LogP contribution is -2.46. The zero-order chi connectivity index (χ0) is 48.0. The highest BCUT2D eigenvalue weighted by Gasteiger charge is 2.57. The Labute approximate surface area is 326 Å². The highest BCUT2D eigenvalue weighted by molar-refractivity contribution is 6.17. The van der Waals surface area contributed by atoms with Crippen LogP contribution in [0.3, 0.4) is 0 Å². The van der Waals surface area contributed by atoms with Gasteiger partial charge in [-0.2, -0.15) is 52.7 Å². The second-order valence-corrected chi connectivity index (χ2v) is 12.5. The number of hydrogen-bond donors (Lipinski definition) is 1. The zero-order valence-electron chi connectivity index (χ0n) is 33.6. The van der Waals surface area contributed by atoms with Crippen LogP contribution in [0.15, 0.2) is 11.1 Å². The van der Waals surface area contributed by atoms with Gasteiger partial charge in [-0.3, -0.25) is 33.6 Å². The summed E-state index contributed by atoms with van der Waals surface area (Å²) in [6.45, 7) is 12.5. The Hall–Kier alpha value is -4.54. The summed E-state index contributed by atoms with van der Waals surface area (Å²) in [5.74, 6) is -9.77. The minimum atomic E-state index is -4.70. The Balaban J connectivity index is -0.000000208. The van der Waals surface area contributed by atoms with Crippen molar-refractivity contribution < 1.29 is 110 Å². The average Bonchev–Trinajstić information content (AvgIpc) is 2.95. The minimum Gasteiger partial charge on any atom is -0.481 e. The van der Waals surface area contributed by atoms with Crippen molar-refractivity contribution in [1.29, 1.82) is 0 Å². The summed E-state index contributed by atoms with van der Waals surface area (Å²) < 4.78 is 156. The fraction of sp³-hybridized carbons (Fsp3) is 0.706. The Morgan fingerprint density at radius 2 is 0.966 bits per heavy atom. The standard InChI is InChI=1S/C10H15F3O3.C9H11F3O3.C6H9F3O2.C6H10O3.C3H3F3O/c1-5-16-8(15)7(6(2)14)9(3,4)10(11,12)13;1-4-15-8(14)7(6(3)13)5(2)9(10,11)12;1-5(2,3-4(10)11)6(7,8)9;1-3-9-6(8)4-5(2)7;1-2(7)3(4,5)6/h7H,5H2,1-4H3;4H2,1-3H3;3H2,1-2H3,(H,10,11);3-4H2,1-2H3;1H3/b;7-5-;;;. The summed E-state index contributed by atoms with van der Waals surface area (Å²) >= 11 is 0. The molecule has 0 aromatic heterocycles. The van der Waals surface area contributed by atoms with Crippen molar-refractivity contribution in [1.82, 2.24) is 0 Å². The Morgan fingerprint density at radius 3 is 1.17 bits per heavy atom. The maximum absolute atomic E-state index is 12.7. The number of allylic oxidation sites excluding steroid dienone is 1. The van der Waals surface area contributed by atoms with Crippen LogP contribution in [0, 0.1) is 16.7 Å². The van der Waals surface area contributed by atoms with Crippen LogP contribution in [0.1, 0.15) is 95.9 Å². The van der Waals surface area contributed by atoms with Gasteiger partial charge in [-0.15, -0.1) is 0 Å². The number of carbonyl (C=O) groups is 8. The number of esters is 3. The van der Waals surface area contributed by atoms with Crippen LogP contribution in [-0.4, -0.2) is 96.6 Å². The molecule has 0 spiro atoms. The maximum Gasteiger partial charge on any atom is 0.449 e. The number of rotatable bonds is 12. The molecule has 58 heavy (non-hydrogen) atoms. The van der Waals surface area contributed by atoms with E-state index in [0.717, 1.165) is 41.5 Å². The van der Waals surface area contributed by atoms with Crippen LogP contribution < -0.4 is 0 Å². The van der Waals surface area contributed by atoms with Crippen LogP contribution in [-0.2, 0) is 52.6 Å². The highest BCUT2D eigenvalue weighted by Crippen LogP contribution is 2.44. The predicted octanol–water partition coefficient (Wildman–Crippen LogP) is 8.08. The summed E-state index contributed by atoms with van der Waals surface area (Å²) in [7, 11) is 0. The molecule has 0 aliphatic carbocycles. The van der Waals surface area contributed by atoms with Gasteiger partial charge in [0.15, 0.2) is 5.78 Å². The molecule has 0 radical (unpaired) electrons. The maximum atomic E-state index is 12.7. The second-order valence-electron chi connectivity index (χ2n) is 12.5.